The maximum absolute atomic E-state index is 10.5. The van der Waals surface area contributed by atoms with Crippen LogP contribution in [0.2, 0.25) is 0 Å². The van der Waals surface area contributed by atoms with Crippen LogP contribution in [0.5, 0.6) is 0 Å². The van der Waals surface area contributed by atoms with Crippen molar-refractivity contribution in [1.82, 2.24) is 0 Å². The van der Waals surface area contributed by atoms with E-state index in [2.05, 4.69) is 20.8 Å². The Morgan fingerprint density at radius 3 is 2.18 bits per heavy atom. The Hall–Kier alpha value is -0.120. The summed E-state index contributed by atoms with van der Waals surface area (Å²) in [6, 6.07) is 0. The summed E-state index contributed by atoms with van der Waals surface area (Å²) in [6.45, 7) is 8.32. The third kappa shape index (κ3) is 7.78. The smallest absolute Gasteiger partial charge is 0.115 e. The van der Waals surface area contributed by atoms with Gasteiger partial charge in [-0.2, -0.15) is 0 Å². The van der Waals surface area contributed by atoms with Gasteiger partial charge in [-0.25, -0.2) is 10.1 Å². The molecule has 2 atom stereocenters. The van der Waals surface area contributed by atoms with Gasteiger partial charge in [-0.15, -0.1) is 0 Å². The van der Waals surface area contributed by atoms with Gasteiger partial charge in [0.2, 0.25) is 0 Å². The van der Waals surface area contributed by atoms with E-state index >= 15 is 0 Å². The standard InChI is InChI=1S/C8H19NO2/c1-7(11-9(5)10)6-8(2,3)4/h7,9H,6H2,1-5H3. The van der Waals surface area contributed by atoms with Crippen LogP contribution in [-0.2, 0) is 4.84 Å². The Morgan fingerprint density at radius 2 is 1.91 bits per heavy atom. The van der Waals surface area contributed by atoms with Crippen molar-refractivity contribution in [3.05, 3.63) is 5.21 Å². The maximum Gasteiger partial charge on any atom is 0.115 e. The predicted octanol–water partition coefficient (Wildman–Crippen LogP) is 0.755. The summed E-state index contributed by atoms with van der Waals surface area (Å²) in [5.41, 5.74) is 0.231. The summed E-state index contributed by atoms with van der Waals surface area (Å²) < 4.78 is 0. The Kier molecular flexibility index (Phi) is 4.00. The van der Waals surface area contributed by atoms with Crippen LogP contribution >= 0.6 is 0 Å². The second-order valence-electron chi connectivity index (χ2n) is 4.18. The summed E-state index contributed by atoms with van der Waals surface area (Å²) in [7, 11) is 1.44. The molecule has 0 aromatic carbocycles. The van der Waals surface area contributed by atoms with Gasteiger partial charge in [0.25, 0.3) is 0 Å². The summed E-state index contributed by atoms with van der Waals surface area (Å²) >= 11 is 0. The molecule has 2 unspecified atom stereocenters. The Morgan fingerprint density at radius 1 is 1.45 bits per heavy atom. The van der Waals surface area contributed by atoms with Crippen molar-refractivity contribution in [3.63, 3.8) is 0 Å². The first-order valence-electron chi connectivity index (χ1n) is 3.98. The van der Waals surface area contributed by atoms with Crippen molar-refractivity contribution in [1.29, 1.82) is 0 Å². The van der Waals surface area contributed by atoms with Crippen molar-refractivity contribution >= 4 is 0 Å². The molecule has 0 aromatic rings. The van der Waals surface area contributed by atoms with Crippen molar-refractivity contribution in [2.45, 2.75) is 40.2 Å². The molecule has 0 aliphatic heterocycles. The molecule has 0 aliphatic rings. The van der Waals surface area contributed by atoms with Crippen LogP contribution < -0.4 is 5.23 Å². The molecule has 0 rings (SSSR count). The molecule has 1 N–H and O–H groups in total. The van der Waals surface area contributed by atoms with Crippen LogP contribution in [0.15, 0.2) is 0 Å². The molecule has 0 heterocycles. The lowest BCUT2D eigenvalue weighted by atomic mass is 9.90. The first-order valence-corrected chi connectivity index (χ1v) is 3.98. The topological polar surface area (TPSA) is 36.7 Å². The average Bonchev–Trinajstić information content (AvgIpc) is 1.53. The molecule has 68 valence electrons. The quantitative estimate of drug-likeness (QED) is 0.620. The van der Waals surface area contributed by atoms with Gasteiger partial charge >= 0.3 is 0 Å². The highest BCUT2D eigenvalue weighted by molar-refractivity contribution is 4.64. The number of quaternary nitrogens is 1. The minimum Gasteiger partial charge on any atom is -0.600 e. The summed E-state index contributed by atoms with van der Waals surface area (Å²) in [6.07, 6.45) is 0.944. The molecule has 0 spiro atoms. The third-order valence-corrected chi connectivity index (χ3v) is 1.27. The third-order valence-electron chi connectivity index (χ3n) is 1.27. The van der Waals surface area contributed by atoms with Crippen molar-refractivity contribution in [3.8, 4) is 0 Å². The van der Waals surface area contributed by atoms with Gasteiger partial charge in [0.1, 0.15) is 6.10 Å². The van der Waals surface area contributed by atoms with Crippen LogP contribution in [0, 0.1) is 10.6 Å². The molecule has 0 saturated heterocycles. The Bertz CT molecular complexity index is 107. The van der Waals surface area contributed by atoms with E-state index < -0.39 is 0 Å². The first-order chi connectivity index (χ1) is 4.81. The zero-order chi connectivity index (χ0) is 9.07. The van der Waals surface area contributed by atoms with Crippen LogP contribution in [0.4, 0.5) is 0 Å². The molecular formula is C8H19NO2. The normalized spacial score (nSPS) is 18.0. The zero-order valence-corrected chi connectivity index (χ0v) is 8.10. The van der Waals surface area contributed by atoms with E-state index in [1.807, 2.05) is 6.92 Å². The largest absolute Gasteiger partial charge is 0.600 e. The lowest BCUT2D eigenvalue weighted by Gasteiger charge is -2.25. The highest BCUT2D eigenvalue weighted by Gasteiger charge is 2.17. The summed E-state index contributed by atoms with van der Waals surface area (Å²) in [5.74, 6) is 0. The van der Waals surface area contributed by atoms with Gasteiger partial charge in [0, 0.05) is 0 Å². The Labute approximate surface area is 68.9 Å². The van der Waals surface area contributed by atoms with Crippen molar-refractivity contribution < 1.29 is 10.1 Å². The number of hydrogen-bond donors (Lipinski definition) is 1. The van der Waals surface area contributed by atoms with Crippen molar-refractivity contribution in [2.24, 2.45) is 5.41 Å². The number of hydrogen-bond acceptors (Lipinski definition) is 2. The van der Waals surface area contributed by atoms with E-state index in [0.717, 1.165) is 6.42 Å². The van der Waals surface area contributed by atoms with E-state index in [0.29, 0.717) is 0 Å². The maximum atomic E-state index is 10.5. The van der Waals surface area contributed by atoms with Gasteiger partial charge < -0.3 is 5.21 Å². The lowest BCUT2D eigenvalue weighted by molar-refractivity contribution is -1.04. The summed E-state index contributed by atoms with van der Waals surface area (Å²) in [5, 5.41) is 10.3. The zero-order valence-electron chi connectivity index (χ0n) is 8.10. The van der Waals surface area contributed by atoms with E-state index in [9.17, 15) is 5.21 Å². The SMILES string of the molecule is CC(CC(C)(C)C)O[NH+](C)[O-]. The predicted molar refractivity (Wildman–Crippen MR) is 44.9 cm³/mol. The fourth-order valence-electron chi connectivity index (χ4n) is 1.19. The highest BCUT2D eigenvalue weighted by atomic mass is 16.9. The van der Waals surface area contributed by atoms with Crippen LogP contribution in [-0.4, -0.2) is 13.2 Å². The molecule has 0 fully saturated rings. The fourth-order valence-corrected chi connectivity index (χ4v) is 1.19. The van der Waals surface area contributed by atoms with Gasteiger partial charge in [0.05, 0.1) is 7.05 Å². The van der Waals surface area contributed by atoms with Gasteiger partial charge in [-0.1, -0.05) is 20.8 Å². The molecule has 0 aromatic heterocycles. The molecule has 3 nitrogen and oxygen atoms in total. The van der Waals surface area contributed by atoms with E-state index in [-0.39, 0.29) is 16.7 Å². The fraction of sp³-hybridized carbons (Fsp3) is 1.00. The molecule has 0 bridgehead atoms. The van der Waals surface area contributed by atoms with E-state index in [4.69, 9.17) is 4.84 Å². The lowest BCUT2D eigenvalue weighted by Crippen LogP contribution is -3.03. The van der Waals surface area contributed by atoms with Crippen LogP contribution in [0.25, 0.3) is 0 Å². The first kappa shape index (κ1) is 10.9. The molecule has 0 aliphatic carbocycles. The molecule has 0 amide bonds. The van der Waals surface area contributed by atoms with Gasteiger partial charge in [0.15, 0.2) is 0 Å². The minimum atomic E-state index is -0.193. The second-order valence-corrected chi connectivity index (χ2v) is 4.18. The molecule has 3 heteroatoms. The minimum absolute atomic E-state index is 0.0347. The number of nitrogens with one attached hydrogen (secondary N) is 1. The Balaban J connectivity index is 3.61. The summed E-state index contributed by atoms with van der Waals surface area (Å²) in [4.78, 5) is 4.99. The molecule has 0 radical (unpaired) electrons. The molecular weight excluding hydrogens is 142 g/mol. The van der Waals surface area contributed by atoms with Crippen LogP contribution in [0.1, 0.15) is 34.1 Å². The number of hydroxylamine groups is 2. The average molecular weight is 161 g/mol. The van der Waals surface area contributed by atoms with E-state index in [1.165, 1.54) is 7.05 Å². The van der Waals surface area contributed by atoms with E-state index in [1.54, 1.807) is 0 Å². The number of rotatable bonds is 3. The second kappa shape index (κ2) is 4.04. The highest BCUT2D eigenvalue weighted by Crippen LogP contribution is 2.20. The van der Waals surface area contributed by atoms with Crippen LogP contribution in [0.3, 0.4) is 0 Å². The molecule has 11 heavy (non-hydrogen) atoms. The van der Waals surface area contributed by atoms with Crippen molar-refractivity contribution in [2.75, 3.05) is 7.05 Å². The molecule has 0 saturated carbocycles. The van der Waals surface area contributed by atoms with Gasteiger partial charge in [-0.05, 0) is 18.8 Å². The van der Waals surface area contributed by atoms with Gasteiger partial charge in [-0.3, -0.25) is 0 Å². The monoisotopic (exact) mass is 161 g/mol.